The van der Waals surface area contributed by atoms with E-state index in [1.54, 1.807) is 0 Å². The maximum atomic E-state index is 13.8. The average Bonchev–Trinajstić information content (AvgIpc) is 3.13. The Morgan fingerprint density at radius 1 is 0.660 bits per heavy atom. The Kier molecular flexibility index (Phi) is 30.6. The Hall–Kier alpha value is -1.46. The van der Waals surface area contributed by atoms with Crippen LogP contribution < -0.4 is 16.4 Å². The lowest BCUT2D eigenvalue weighted by Gasteiger charge is -2.47. The number of nitrogens with zero attached hydrogens (tertiary/aromatic N) is 1. The first kappa shape index (κ1) is 49.6. The molecular weight excluding hydrogens is 668 g/mol. The van der Waals surface area contributed by atoms with Gasteiger partial charge in [0.2, 0.25) is 5.91 Å². The highest BCUT2D eigenvalue weighted by molar-refractivity contribution is 5.82. The zero-order valence-electron chi connectivity index (χ0n) is 34.8. The minimum absolute atomic E-state index is 0.187. The van der Waals surface area contributed by atoms with Crippen LogP contribution in [0.3, 0.4) is 0 Å². The molecule has 10 nitrogen and oxygen atoms in total. The lowest BCUT2D eigenvalue weighted by atomic mass is 9.94. The molecular formula is C43H86N4O6. The highest BCUT2D eigenvalue weighted by Gasteiger charge is 2.48. The van der Waals surface area contributed by atoms with Crippen LogP contribution in [0, 0.1) is 5.92 Å². The number of hydrogen-bond donors (Lipinski definition) is 6. The molecule has 1 aliphatic rings. The summed E-state index contributed by atoms with van der Waals surface area (Å²) in [5.41, 5.74) is 6.17. The number of carbonyl (C=O) groups excluding carboxylic acids is 2. The third-order valence-electron chi connectivity index (χ3n) is 10.9. The van der Waals surface area contributed by atoms with Gasteiger partial charge in [0.05, 0.1) is 12.6 Å². The molecule has 0 aromatic carbocycles. The first-order valence-corrected chi connectivity index (χ1v) is 22.4. The fourth-order valence-electron chi connectivity index (χ4n) is 7.49. The highest BCUT2D eigenvalue weighted by Crippen LogP contribution is 2.25. The summed E-state index contributed by atoms with van der Waals surface area (Å²) in [4.78, 5) is 28.4. The molecule has 0 aromatic heterocycles. The van der Waals surface area contributed by atoms with Crippen molar-refractivity contribution >= 4 is 11.9 Å². The lowest BCUT2D eigenvalue weighted by Crippen LogP contribution is -2.70. The molecule has 6 atom stereocenters. The molecule has 1 heterocycles. The van der Waals surface area contributed by atoms with E-state index in [-0.39, 0.29) is 11.9 Å². The molecule has 0 spiro atoms. The number of urea groups is 1. The smallest absolute Gasteiger partial charge is 0.319 e. The predicted octanol–water partition coefficient (Wildman–Crippen LogP) is 8.48. The number of hydrogen-bond acceptors (Lipinski definition) is 7. The van der Waals surface area contributed by atoms with E-state index in [0.29, 0.717) is 19.5 Å². The monoisotopic (exact) mass is 755 g/mol. The van der Waals surface area contributed by atoms with Crippen molar-refractivity contribution < 1.29 is 29.6 Å². The number of unbranched alkanes of at least 4 members (excludes halogenated alkanes) is 24. The minimum atomic E-state index is -1.45. The molecule has 0 saturated carbocycles. The van der Waals surface area contributed by atoms with Gasteiger partial charge in [0.1, 0.15) is 24.4 Å². The van der Waals surface area contributed by atoms with Crippen LogP contribution in [-0.2, 0) is 9.53 Å². The van der Waals surface area contributed by atoms with Gasteiger partial charge in [-0.15, -0.1) is 0 Å². The Bertz CT molecular complexity index is 880. The van der Waals surface area contributed by atoms with Crippen LogP contribution in [0.5, 0.6) is 0 Å². The van der Waals surface area contributed by atoms with Crippen LogP contribution in [0.25, 0.3) is 0 Å². The summed E-state index contributed by atoms with van der Waals surface area (Å²) >= 11 is 0. The van der Waals surface area contributed by atoms with Crippen molar-refractivity contribution in [3.8, 4) is 0 Å². The third kappa shape index (κ3) is 23.3. The molecule has 0 unspecified atom stereocenters. The van der Waals surface area contributed by atoms with Crippen molar-refractivity contribution in [1.29, 1.82) is 0 Å². The van der Waals surface area contributed by atoms with Gasteiger partial charge in [0.15, 0.2) is 6.23 Å². The molecule has 10 heteroatoms. The number of rotatable bonds is 34. The Morgan fingerprint density at radius 3 is 1.49 bits per heavy atom. The largest absolute Gasteiger partial charge is 0.394 e. The van der Waals surface area contributed by atoms with Gasteiger partial charge >= 0.3 is 6.03 Å². The summed E-state index contributed by atoms with van der Waals surface area (Å²) in [6.45, 7) is 8.79. The van der Waals surface area contributed by atoms with Crippen molar-refractivity contribution in [3.63, 3.8) is 0 Å². The van der Waals surface area contributed by atoms with E-state index >= 15 is 0 Å². The number of carbonyl (C=O) groups is 2. The number of nitrogens with one attached hydrogen (secondary N) is 2. The van der Waals surface area contributed by atoms with E-state index in [1.165, 1.54) is 127 Å². The summed E-state index contributed by atoms with van der Waals surface area (Å²) < 4.78 is 6.10. The first-order chi connectivity index (χ1) is 25.7. The average molecular weight is 755 g/mol. The molecule has 0 aliphatic carbocycles. The van der Waals surface area contributed by atoms with Crippen LogP contribution in [-0.4, -0.2) is 88.5 Å². The van der Waals surface area contributed by atoms with Crippen LogP contribution in [0.2, 0.25) is 0 Å². The number of nitrogens with two attached hydrogens (primary N) is 1. The lowest BCUT2D eigenvalue weighted by molar-refractivity contribution is -0.224. The van der Waals surface area contributed by atoms with Gasteiger partial charge in [0, 0.05) is 13.1 Å². The van der Waals surface area contributed by atoms with E-state index in [4.69, 9.17) is 10.5 Å². The SMILES string of the molecule is CCCCCCCCCCCCCCCCCCNC(=O)N(CCCCCCCCCCCC)[C@@H]1O[C@H](CO)[C@@H](O)[C@H](O)[C@H]1NC(=O)[C@@H](N)CC(C)C. The quantitative estimate of drug-likeness (QED) is 0.0360. The standard InChI is InChI=1S/C43H86N4O6/c1-5-7-9-11-13-15-17-18-19-20-21-22-23-25-27-29-31-45-43(52)47(32-30-28-26-24-16-14-12-10-8-6-2)42-38(40(50)39(49)37(34-48)53-42)46-41(51)36(44)33-35(3)4/h35-40,42,48-50H,5-34,44H2,1-4H3,(H,45,52)(H,46,51)/t36-,37+,38+,39+,40+,42+/m0/s1. The van der Waals surface area contributed by atoms with Gasteiger partial charge in [0.25, 0.3) is 0 Å². The number of aliphatic hydroxyl groups excluding tert-OH is 3. The van der Waals surface area contributed by atoms with Crippen LogP contribution >= 0.6 is 0 Å². The molecule has 7 N–H and O–H groups in total. The number of amides is 3. The van der Waals surface area contributed by atoms with Gasteiger partial charge in [-0.2, -0.15) is 0 Å². The maximum Gasteiger partial charge on any atom is 0.319 e. The first-order valence-electron chi connectivity index (χ1n) is 22.4. The minimum Gasteiger partial charge on any atom is -0.394 e. The molecule has 3 amide bonds. The zero-order chi connectivity index (χ0) is 39.1. The van der Waals surface area contributed by atoms with Crippen molar-refractivity contribution in [2.24, 2.45) is 11.7 Å². The van der Waals surface area contributed by atoms with Crippen molar-refractivity contribution in [2.75, 3.05) is 19.7 Å². The molecule has 1 rings (SSSR count). The van der Waals surface area contributed by atoms with Gasteiger partial charge in [-0.05, 0) is 25.2 Å². The van der Waals surface area contributed by atoms with E-state index < -0.39 is 49.1 Å². The molecule has 1 saturated heterocycles. The molecule has 0 aromatic rings. The van der Waals surface area contributed by atoms with Crippen LogP contribution in [0.15, 0.2) is 0 Å². The summed E-state index contributed by atoms with van der Waals surface area (Å²) in [6.07, 6.45) is 27.5. The van der Waals surface area contributed by atoms with Crippen molar-refractivity contribution in [3.05, 3.63) is 0 Å². The fraction of sp³-hybridized carbons (Fsp3) is 0.953. The number of aliphatic hydroxyl groups is 3. The molecule has 1 aliphatic heterocycles. The summed E-state index contributed by atoms with van der Waals surface area (Å²) in [5.74, 6) is -0.287. The Morgan fingerprint density at radius 2 is 1.08 bits per heavy atom. The maximum absolute atomic E-state index is 13.8. The van der Waals surface area contributed by atoms with Crippen molar-refractivity contribution in [1.82, 2.24) is 15.5 Å². The molecule has 0 radical (unpaired) electrons. The van der Waals surface area contributed by atoms with Gasteiger partial charge in [-0.1, -0.05) is 182 Å². The normalized spacial score (nSPS) is 20.8. The topological polar surface area (TPSA) is 157 Å². The zero-order valence-corrected chi connectivity index (χ0v) is 34.8. The third-order valence-corrected chi connectivity index (χ3v) is 10.9. The van der Waals surface area contributed by atoms with E-state index in [1.807, 2.05) is 13.8 Å². The molecule has 1 fully saturated rings. The summed E-state index contributed by atoms with van der Waals surface area (Å²) in [5, 5.41) is 37.8. The summed E-state index contributed by atoms with van der Waals surface area (Å²) in [6, 6.07) is -2.25. The highest BCUT2D eigenvalue weighted by atomic mass is 16.5. The molecule has 0 bridgehead atoms. The number of ether oxygens (including phenoxy) is 1. The van der Waals surface area contributed by atoms with Gasteiger partial charge < -0.3 is 36.4 Å². The van der Waals surface area contributed by atoms with E-state index in [2.05, 4.69) is 24.5 Å². The van der Waals surface area contributed by atoms with Crippen LogP contribution in [0.1, 0.15) is 201 Å². The Balaban J connectivity index is 2.65. The van der Waals surface area contributed by atoms with Crippen LogP contribution in [0.4, 0.5) is 4.79 Å². The molecule has 314 valence electrons. The fourth-order valence-corrected chi connectivity index (χ4v) is 7.49. The van der Waals surface area contributed by atoms with Crippen molar-refractivity contribution in [2.45, 2.75) is 238 Å². The van der Waals surface area contributed by atoms with Gasteiger partial charge in [-0.3, -0.25) is 9.69 Å². The van der Waals surface area contributed by atoms with E-state index in [9.17, 15) is 24.9 Å². The second-order valence-corrected chi connectivity index (χ2v) is 16.4. The van der Waals surface area contributed by atoms with Gasteiger partial charge in [-0.25, -0.2) is 4.79 Å². The summed E-state index contributed by atoms with van der Waals surface area (Å²) in [7, 11) is 0. The molecule has 53 heavy (non-hydrogen) atoms. The Labute approximate surface area is 325 Å². The predicted molar refractivity (Wildman–Crippen MR) is 219 cm³/mol. The second kappa shape index (κ2) is 32.8. The second-order valence-electron chi connectivity index (χ2n) is 16.4. The van der Waals surface area contributed by atoms with E-state index in [0.717, 1.165) is 44.9 Å².